The van der Waals surface area contributed by atoms with Gasteiger partial charge in [0.15, 0.2) is 0 Å². The van der Waals surface area contributed by atoms with Gasteiger partial charge in [0.1, 0.15) is 11.4 Å². The third kappa shape index (κ3) is 3.71. The van der Waals surface area contributed by atoms with Crippen LogP contribution in [0.1, 0.15) is 5.56 Å². The average Bonchev–Trinajstić information content (AvgIpc) is 3.09. The number of aromatic nitrogens is 3. The van der Waals surface area contributed by atoms with E-state index in [-0.39, 0.29) is 0 Å². The molecule has 0 N–H and O–H groups in total. The molecular formula is C21H15BrClN3. The molecule has 0 unspecified atom stereocenters. The summed E-state index contributed by atoms with van der Waals surface area (Å²) in [5, 5.41) is 10.2. The molecule has 0 aliphatic heterocycles. The highest BCUT2D eigenvalue weighted by Gasteiger charge is 2.15. The highest BCUT2D eigenvalue weighted by molar-refractivity contribution is 9.10. The second-order valence-electron chi connectivity index (χ2n) is 5.93. The monoisotopic (exact) mass is 423 g/mol. The number of nitrogens with zero attached hydrogens (tertiary/aromatic N) is 3. The molecule has 0 fully saturated rings. The van der Waals surface area contributed by atoms with Crippen LogP contribution in [0.3, 0.4) is 0 Å². The van der Waals surface area contributed by atoms with Crippen molar-refractivity contribution in [3.8, 4) is 22.5 Å². The van der Waals surface area contributed by atoms with Crippen molar-refractivity contribution in [2.24, 2.45) is 0 Å². The summed E-state index contributed by atoms with van der Waals surface area (Å²) < 4.78 is 1.06. The van der Waals surface area contributed by atoms with Crippen molar-refractivity contribution >= 4 is 27.5 Å². The van der Waals surface area contributed by atoms with Gasteiger partial charge >= 0.3 is 0 Å². The third-order valence-electron chi connectivity index (χ3n) is 4.06. The maximum Gasteiger partial charge on any atom is 0.121 e. The van der Waals surface area contributed by atoms with E-state index in [1.54, 1.807) is 4.80 Å². The lowest BCUT2D eigenvalue weighted by molar-refractivity contribution is 0.594. The summed E-state index contributed by atoms with van der Waals surface area (Å²) >= 11 is 9.50. The van der Waals surface area contributed by atoms with Gasteiger partial charge in [0.2, 0.25) is 0 Å². The van der Waals surface area contributed by atoms with E-state index in [0.717, 1.165) is 32.6 Å². The van der Waals surface area contributed by atoms with E-state index in [9.17, 15) is 0 Å². The Morgan fingerprint density at radius 2 is 1.31 bits per heavy atom. The first kappa shape index (κ1) is 17.0. The lowest BCUT2D eigenvalue weighted by Gasteiger charge is -2.01. The minimum atomic E-state index is 0.612. The molecule has 128 valence electrons. The van der Waals surface area contributed by atoms with Crippen LogP contribution in [0.2, 0.25) is 5.02 Å². The fourth-order valence-electron chi connectivity index (χ4n) is 2.76. The number of rotatable bonds is 4. The molecule has 4 aromatic rings. The second kappa shape index (κ2) is 7.44. The Kier molecular flexibility index (Phi) is 4.87. The lowest BCUT2D eigenvalue weighted by atomic mass is 10.1. The molecule has 0 radical (unpaired) electrons. The first-order chi connectivity index (χ1) is 12.7. The normalized spacial score (nSPS) is 10.8. The molecule has 0 aliphatic rings. The van der Waals surface area contributed by atoms with Crippen molar-refractivity contribution in [1.82, 2.24) is 15.0 Å². The molecule has 0 atom stereocenters. The molecule has 1 heterocycles. The maximum absolute atomic E-state index is 6.04. The Balaban J connectivity index is 1.77. The topological polar surface area (TPSA) is 30.7 Å². The molecule has 0 saturated carbocycles. The Morgan fingerprint density at radius 1 is 0.731 bits per heavy atom. The van der Waals surface area contributed by atoms with Crippen molar-refractivity contribution in [3.05, 3.63) is 93.9 Å². The molecule has 3 nitrogen and oxygen atoms in total. The molecular weight excluding hydrogens is 410 g/mol. The largest absolute Gasteiger partial charge is 0.179 e. The minimum Gasteiger partial charge on any atom is -0.179 e. The zero-order valence-electron chi connectivity index (χ0n) is 13.8. The van der Waals surface area contributed by atoms with E-state index in [0.29, 0.717) is 11.6 Å². The minimum absolute atomic E-state index is 0.612. The van der Waals surface area contributed by atoms with E-state index in [2.05, 4.69) is 28.1 Å². The molecule has 5 heteroatoms. The van der Waals surface area contributed by atoms with Gasteiger partial charge in [-0.1, -0.05) is 82.1 Å². The molecule has 1 aromatic heterocycles. The Hall–Kier alpha value is -2.43. The number of halogens is 2. The van der Waals surface area contributed by atoms with Gasteiger partial charge in [0.05, 0.1) is 6.54 Å². The maximum atomic E-state index is 6.04. The molecule has 0 spiro atoms. The van der Waals surface area contributed by atoms with E-state index >= 15 is 0 Å². The van der Waals surface area contributed by atoms with Gasteiger partial charge in [-0.15, -0.1) is 0 Å². The van der Waals surface area contributed by atoms with Crippen molar-refractivity contribution in [2.75, 3.05) is 0 Å². The second-order valence-corrected chi connectivity index (χ2v) is 7.28. The van der Waals surface area contributed by atoms with Gasteiger partial charge < -0.3 is 0 Å². The van der Waals surface area contributed by atoms with Gasteiger partial charge in [-0.25, -0.2) is 0 Å². The van der Waals surface area contributed by atoms with E-state index in [1.807, 2.05) is 66.7 Å². The van der Waals surface area contributed by atoms with Gasteiger partial charge in [0.25, 0.3) is 0 Å². The van der Waals surface area contributed by atoms with Crippen molar-refractivity contribution in [2.45, 2.75) is 6.54 Å². The van der Waals surface area contributed by atoms with Crippen LogP contribution in [0.15, 0.2) is 83.3 Å². The summed E-state index contributed by atoms with van der Waals surface area (Å²) in [4.78, 5) is 1.75. The summed E-state index contributed by atoms with van der Waals surface area (Å²) in [6, 6.07) is 26.0. The summed E-state index contributed by atoms with van der Waals surface area (Å²) in [6.45, 7) is 0.612. The fourth-order valence-corrected chi connectivity index (χ4v) is 3.15. The lowest BCUT2D eigenvalue weighted by Crippen LogP contribution is -2.03. The van der Waals surface area contributed by atoms with Crippen LogP contribution in [0.5, 0.6) is 0 Å². The molecule has 0 saturated heterocycles. The Labute approximate surface area is 165 Å². The zero-order chi connectivity index (χ0) is 17.9. The Bertz CT molecular complexity index is 1010. The molecule has 0 amide bonds. The number of hydrogen-bond acceptors (Lipinski definition) is 2. The smallest absolute Gasteiger partial charge is 0.121 e. The third-order valence-corrected chi connectivity index (χ3v) is 4.84. The van der Waals surface area contributed by atoms with Crippen LogP contribution in [-0.4, -0.2) is 15.0 Å². The summed E-state index contributed by atoms with van der Waals surface area (Å²) in [5.74, 6) is 0. The summed E-state index contributed by atoms with van der Waals surface area (Å²) in [7, 11) is 0. The van der Waals surface area contributed by atoms with E-state index in [1.165, 1.54) is 0 Å². The number of hydrogen-bond donors (Lipinski definition) is 0. The summed E-state index contributed by atoms with van der Waals surface area (Å²) in [6.07, 6.45) is 0. The van der Waals surface area contributed by atoms with Crippen molar-refractivity contribution < 1.29 is 0 Å². The van der Waals surface area contributed by atoms with E-state index < -0.39 is 0 Å². The zero-order valence-corrected chi connectivity index (χ0v) is 16.2. The van der Waals surface area contributed by atoms with Gasteiger partial charge in [-0.3, -0.25) is 0 Å². The molecule has 26 heavy (non-hydrogen) atoms. The fraction of sp³-hybridized carbons (Fsp3) is 0.0476. The van der Waals surface area contributed by atoms with Gasteiger partial charge in [-0.05, 0) is 29.8 Å². The highest BCUT2D eigenvalue weighted by atomic mass is 79.9. The van der Waals surface area contributed by atoms with Crippen LogP contribution < -0.4 is 0 Å². The molecule has 3 aromatic carbocycles. The summed E-state index contributed by atoms with van der Waals surface area (Å²) in [5.41, 5.74) is 4.90. The average molecular weight is 425 g/mol. The standard InChI is InChI=1S/C21H15BrClN3/c22-18-10-6-15(7-11-18)14-26-24-20(16-4-2-1-3-5-16)21(25-26)17-8-12-19(23)13-9-17/h1-13H,14H2. The predicted octanol–water partition coefficient (Wildman–Crippen LogP) is 6.08. The SMILES string of the molecule is Clc1ccc(-c2nn(Cc3ccc(Br)cc3)nc2-c2ccccc2)cc1. The van der Waals surface area contributed by atoms with Crippen molar-refractivity contribution in [1.29, 1.82) is 0 Å². The highest BCUT2D eigenvalue weighted by Crippen LogP contribution is 2.29. The predicted molar refractivity (Wildman–Crippen MR) is 109 cm³/mol. The van der Waals surface area contributed by atoms with Crippen LogP contribution in [0, 0.1) is 0 Å². The number of benzene rings is 3. The van der Waals surface area contributed by atoms with E-state index in [4.69, 9.17) is 21.8 Å². The van der Waals surface area contributed by atoms with Crippen LogP contribution >= 0.6 is 27.5 Å². The van der Waals surface area contributed by atoms with Crippen LogP contribution in [0.25, 0.3) is 22.5 Å². The van der Waals surface area contributed by atoms with Crippen LogP contribution in [-0.2, 0) is 6.54 Å². The first-order valence-corrected chi connectivity index (χ1v) is 9.37. The Morgan fingerprint density at radius 3 is 1.92 bits per heavy atom. The van der Waals surface area contributed by atoms with Gasteiger partial charge in [-0.2, -0.15) is 15.0 Å². The molecule has 4 rings (SSSR count). The first-order valence-electron chi connectivity index (χ1n) is 8.20. The molecule has 0 aliphatic carbocycles. The van der Waals surface area contributed by atoms with Crippen molar-refractivity contribution in [3.63, 3.8) is 0 Å². The van der Waals surface area contributed by atoms with Gasteiger partial charge in [0, 0.05) is 20.6 Å². The molecule has 0 bridgehead atoms. The van der Waals surface area contributed by atoms with Crippen LogP contribution in [0.4, 0.5) is 0 Å². The quantitative estimate of drug-likeness (QED) is 0.398.